The first-order valence-corrected chi connectivity index (χ1v) is 8.28. The van der Waals surface area contributed by atoms with E-state index >= 15 is 0 Å². The van der Waals surface area contributed by atoms with Crippen molar-refractivity contribution in [1.29, 1.82) is 0 Å². The van der Waals surface area contributed by atoms with Crippen LogP contribution in [0.1, 0.15) is 10.5 Å². The summed E-state index contributed by atoms with van der Waals surface area (Å²) in [7, 11) is 0. The largest absolute Gasteiger partial charge is 0.492 e. The number of anilines is 2. The Morgan fingerprint density at radius 1 is 1.17 bits per heavy atom. The standard InChI is InChI=1S/C17H16N4O2S/c22-16(19-9-10-23-14-6-2-1-3-7-14)15-12-24-17(21-15)20-13-5-4-8-18-11-13/h1-8,11-12H,9-10H2,(H,19,22)(H,20,21). The maximum atomic E-state index is 12.1. The molecule has 24 heavy (non-hydrogen) atoms. The van der Waals surface area contributed by atoms with E-state index in [-0.39, 0.29) is 5.91 Å². The Bertz CT molecular complexity index is 778. The monoisotopic (exact) mass is 340 g/mol. The van der Waals surface area contributed by atoms with Gasteiger partial charge >= 0.3 is 0 Å². The molecule has 0 fully saturated rings. The third-order valence-corrected chi connectivity index (χ3v) is 3.81. The van der Waals surface area contributed by atoms with Crippen LogP contribution in [-0.2, 0) is 0 Å². The first-order chi connectivity index (χ1) is 11.8. The summed E-state index contributed by atoms with van der Waals surface area (Å²) in [5.74, 6) is 0.561. The zero-order valence-electron chi connectivity index (χ0n) is 12.8. The molecule has 1 amide bonds. The Kier molecular flexibility index (Phi) is 5.36. The van der Waals surface area contributed by atoms with Crippen molar-refractivity contribution in [3.8, 4) is 5.75 Å². The van der Waals surface area contributed by atoms with E-state index in [1.807, 2.05) is 42.5 Å². The number of para-hydroxylation sites is 1. The number of rotatable bonds is 7. The van der Waals surface area contributed by atoms with Crippen LogP contribution in [0.15, 0.2) is 60.2 Å². The fourth-order valence-corrected chi connectivity index (χ4v) is 2.65. The highest BCUT2D eigenvalue weighted by Gasteiger charge is 2.10. The number of hydrogen-bond acceptors (Lipinski definition) is 6. The minimum Gasteiger partial charge on any atom is -0.492 e. The lowest BCUT2D eigenvalue weighted by Crippen LogP contribution is -2.28. The van der Waals surface area contributed by atoms with Gasteiger partial charge in [-0.3, -0.25) is 9.78 Å². The van der Waals surface area contributed by atoms with E-state index < -0.39 is 0 Å². The minimum absolute atomic E-state index is 0.220. The number of benzene rings is 1. The molecular weight excluding hydrogens is 324 g/mol. The van der Waals surface area contributed by atoms with Crippen molar-refractivity contribution in [3.63, 3.8) is 0 Å². The van der Waals surface area contributed by atoms with E-state index in [1.54, 1.807) is 17.8 Å². The second-order valence-electron chi connectivity index (χ2n) is 4.82. The van der Waals surface area contributed by atoms with Gasteiger partial charge in [0.25, 0.3) is 5.91 Å². The molecule has 0 aliphatic heterocycles. The van der Waals surface area contributed by atoms with Gasteiger partial charge in [-0.05, 0) is 24.3 Å². The second-order valence-corrected chi connectivity index (χ2v) is 5.68. The number of thiazole rings is 1. The predicted octanol–water partition coefficient (Wildman–Crippen LogP) is 3.09. The number of carbonyl (C=O) groups is 1. The molecule has 7 heteroatoms. The van der Waals surface area contributed by atoms with Crippen LogP contribution in [0.2, 0.25) is 0 Å². The lowest BCUT2D eigenvalue weighted by molar-refractivity contribution is 0.0943. The second kappa shape index (κ2) is 8.07. The van der Waals surface area contributed by atoms with Gasteiger partial charge < -0.3 is 15.4 Å². The van der Waals surface area contributed by atoms with Crippen LogP contribution in [0.25, 0.3) is 0 Å². The molecule has 1 aromatic carbocycles. The van der Waals surface area contributed by atoms with E-state index in [4.69, 9.17) is 4.74 Å². The summed E-state index contributed by atoms with van der Waals surface area (Å²) in [5, 5.41) is 8.26. The number of hydrogen-bond donors (Lipinski definition) is 2. The van der Waals surface area contributed by atoms with Crippen molar-refractivity contribution in [2.75, 3.05) is 18.5 Å². The average Bonchev–Trinajstić information content (AvgIpc) is 3.09. The summed E-state index contributed by atoms with van der Waals surface area (Å²) in [6.45, 7) is 0.817. The van der Waals surface area contributed by atoms with Crippen molar-refractivity contribution in [1.82, 2.24) is 15.3 Å². The Morgan fingerprint density at radius 3 is 2.83 bits per heavy atom. The third-order valence-electron chi connectivity index (χ3n) is 3.05. The van der Waals surface area contributed by atoms with Gasteiger partial charge in [0.15, 0.2) is 5.13 Å². The molecule has 0 spiro atoms. The summed E-state index contributed by atoms with van der Waals surface area (Å²) in [6, 6.07) is 13.2. The fourth-order valence-electron chi connectivity index (χ4n) is 1.94. The smallest absolute Gasteiger partial charge is 0.270 e. The summed E-state index contributed by atoms with van der Waals surface area (Å²) in [5.41, 5.74) is 1.21. The van der Waals surface area contributed by atoms with Gasteiger partial charge in [0.05, 0.1) is 18.4 Å². The third kappa shape index (κ3) is 4.53. The minimum atomic E-state index is -0.220. The van der Waals surface area contributed by atoms with Crippen molar-refractivity contribution in [3.05, 3.63) is 65.9 Å². The molecule has 3 rings (SSSR count). The van der Waals surface area contributed by atoms with Gasteiger partial charge in [-0.2, -0.15) is 0 Å². The van der Waals surface area contributed by atoms with Crippen molar-refractivity contribution in [2.45, 2.75) is 0 Å². The van der Waals surface area contributed by atoms with Crippen LogP contribution in [0.3, 0.4) is 0 Å². The SMILES string of the molecule is O=C(NCCOc1ccccc1)c1csc(Nc2cccnc2)n1. The average molecular weight is 340 g/mol. The highest BCUT2D eigenvalue weighted by atomic mass is 32.1. The maximum Gasteiger partial charge on any atom is 0.270 e. The summed E-state index contributed by atoms with van der Waals surface area (Å²) >= 11 is 1.37. The number of carbonyl (C=O) groups excluding carboxylic acids is 1. The number of nitrogens with one attached hydrogen (secondary N) is 2. The molecule has 2 aromatic heterocycles. The lowest BCUT2D eigenvalue weighted by atomic mass is 10.3. The van der Waals surface area contributed by atoms with Crippen molar-refractivity contribution < 1.29 is 9.53 Å². The van der Waals surface area contributed by atoms with Gasteiger partial charge in [-0.15, -0.1) is 11.3 Å². The summed E-state index contributed by atoms with van der Waals surface area (Å²) in [6.07, 6.45) is 3.39. The number of aromatic nitrogens is 2. The molecule has 0 atom stereocenters. The highest BCUT2D eigenvalue weighted by Crippen LogP contribution is 2.20. The van der Waals surface area contributed by atoms with Gasteiger partial charge in [-0.1, -0.05) is 18.2 Å². The van der Waals surface area contributed by atoms with Crippen LogP contribution < -0.4 is 15.4 Å². The van der Waals surface area contributed by atoms with Crippen LogP contribution in [-0.4, -0.2) is 29.0 Å². The van der Waals surface area contributed by atoms with Crippen molar-refractivity contribution >= 4 is 28.1 Å². The quantitative estimate of drug-likeness (QED) is 0.646. The van der Waals surface area contributed by atoms with E-state index in [2.05, 4.69) is 20.6 Å². The maximum absolute atomic E-state index is 12.1. The summed E-state index contributed by atoms with van der Waals surface area (Å²) in [4.78, 5) is 20.3. The molecule has 2 heterocycles. The normalized spacial score (nSPS) is 10.2. The molecule has 2 N–H and O–H groups in total. The number of nitrogens with zero attached hydrogens (tertiary/aromatic N) is 2. The molecule has 6 nitrogen and oxygen atoms in total. The molecule has 0 bridgehead atoms. The molecule has 0 aliphatic rings. The molecule has 0 saturated heterocycles. The zero-order chi connectivity index (χ0) is 16.6. The van der Waals surface area contributed by atoms with Crippen LogP contribution in [0, 0.1) is 0 Å². The number of pyridine rings is 1. The first-order valence-electron chi connectivity index (χ1n) is 7.40. The molecule has 0 radical (unpaired) electrons. The highest BCUT2D eigenvalue weighted by molar-refractivity contribution is 7.14. The molecule has 122 valence electrons. The predicted molar refractivity (Wildman–Crippen MR) is 93.9 cm³/mol. The fraction of sp³-hybridized carbons (Fsp3) is 0.118. The topological polar surface area (TPSA) is 76.1 Å². The van der Waals surface area contributed by atoms with Crippen LogP contribution in [0.5, 0.6) is 5.75 Å². The van der Waals surface area contributed by atoms with Crippen LogP contribution >= 0.6 is 11.3 Å². The molecular formula is C17H16N4O2S. The zero-order valence-corrected chi connectivity index (χ0v) is 13.6. The lowest BCUT2D eigenvalue weighted by Gasteiger charge is -2.06. The van der Waals surface area contributed by atoms with Gasteiger partial charge in [0, 0.05) is 11.6 Å². The van der Waals surface area contributed by atoms with Gasteiger partial charge in [0.1, 0.15) is 18.1 Å². The Labute approximate surface area is 143 Å². The van der Waals surface area contributed by atoms with E-state index in [1.165, 1.54) is 11.3 Å². The summed E-state index contributed by atoms with van der Waals surface area (Å²) < 4.78 is 5.52. The van der Waals surface area contributed by atoms with Gasteiger partial charge in [0.2, 0.25) is 0 Å². The Morgan fingerprint density at radius 2 is 2.04 bits per heavy atom. The Hall–Kier alpha value is -2.93. The van der Waals surface area contributed by atoms with E-state index in [0.717, 1.165) is 11.4 Å². The van der Waals surface area contributed by atoms with Crippen molar-refractivity contribution in [2.24, 2.45) is 0 Å². The van der Waals surface area contributed by atoms with E-state index in [0.29, 0.717) is 24.0 Å². The van der Waals surface area contributed by atoms with Crippen LogP contribution in [0.4, 0.5) is 10.8 Å². The van der Waals surface area contributed by atoms with Gasteiger partial charge in [-0.25, -0.2) is 4.98 Å². The molecule has 0 unspecified atom stereocenters. The first kappa shape index (κ1) is 15.9. The molecule has 3 aromatic rings. The number of ether oxygens (including phenoxy) is 1. The number of amides is 1. The molecule has 0 saturated carbocycles. The Balaban J connectivity index is 1.45. The van der Waals surface area contributed by atoms with E-state index in [9.17, 15) is 4.79 Å². The molecule has 0 aliphatic carbocycles.